The minimum Gasteiger partial charge on any atom is -0.489 e. The molecule has 3 aromatic rings. The summed E-state index contributed by atoms with van der Waals surface area (Å²) in [5, 5.41) is 9.84. The summed E-state index contributed by atoms with van der Waals surface area (Å²) < 4.78 is 5.96. The van der Waals surface area contributed by atoms with Gasteiger partial charge in [0, 0.05) is 29.1 Å². The molecule has 0 unspecified atom stereocenters. The third-order valence-corrected chi connectivity index (χ3v) is 4.32. The van der Waals surface area contributed by atoms with Crippen LogP contribution in [-0.4, -0.2) is 16.1 Å². The Bertz CT molecular complexity index is 838. The van der Waals surface area contributed by atoms with Crippen molar-refractivity contribution < 1.29 is 14.6 Å². The van der Waals surface area contributed by atoms with Gasteiger partial charge in [-0.25, -0.2) is 0 Å². The fourth-order valence-corrected chi connectivity index (χ4v) is 2.99. The van der Waals surface area contributed by atoms with E-state index >= 15 is 0 Å². The standard InChI is InChI=1S/C21H23NO3/c23-21(24)12-3-1-2-7-16-8-6-9-18(13-16)25-15-17-14-22-20-11-5-4-10-19(17)20/h4-6,8-11,13-14,22H,1-3,7,12,15H2,(H,23,24). The first-order chi connectivity index (χ1) is 12.2. The highest BCUT2D eigenvalue weighted by atomic mass is 16.5. The number of aromatic nitrogens is 1. The molecule has 4 nitrogen and oxygen atoms in total. The van der Waals surface area contributed by atoms with Crippen molar-refractivity contribution >= 4 is 16.9 Å². The molecule has 0 aliphatic heterocycles. The Kier molecular flexibility index (Phi) is 5.73. The van der Waals surface area contributed by atoms with E-state index in [4.69, 9.17) is 9.84 Å². The summed E-state index contributed by atoms with van der Waals surface area (Å²) in [6, 6.07) is 16.4. The zero-order valence-corrected chi connectivity index (χ0v) is 14.2. The average Bonchev–Trinajstić information content (AvgIpc) is 3.03. The quantitative estimate of drug-likeness (QED) is 0.544. The molecule has 130 valence electrons. The molecule has 0 aliphatic rings. The van der Waals surface area contributed by atoms with E-state index in [1.165, 1.54) is 10.9 Å². The van der Waals surface area contributed by atoms with E-state index in [2.05, 4.69) is 29.2 Å². The van der Waals surface area contributed by atoms with Crippen LogP contribution in [-0.2, 0) is 17.8 Å². The number of aromatic amines is 1. The molecule has 0 bridgehead atoms. The fraction of sp³-hybridized carbons (Fsp3) is 0.286. The number of carboxylic acid groups (broad SMARTS) is 1. The zero-order chi connectivity index (χ0) is 17.5. The molecule has 1 aromatic heterocycles. The number of carbonyl (C=O) groups is 1. The van der Waals surface area contributed by atoms with Gasteiger partial charge in [-0.2, -0.15) is 0 Å². The molecule has 25 heavy (non-hydrogen) atoms. The second kappa shape index (κ2) is 8.38. The van der Waals surface area contributed by atoms with Gasteiger partial charge in [0.1, 0.15) is 12.4 Å². The molecule has 3 rings (SSSR count). The normalized spacial score (nSPS) is 10.9. The Morgan fingerprint density at radius 1 is 1.04 bits per heavy atom. The number of benzene rings is 2. The van der Waals surface area contributed by atoms with E-state index in [1.54, 1.807) is 0 Å². The Morgan fingerprint density at radius 3 is 2.80 bits per heavy atom. The second-order valence-electron chi connectivity index (χ2n) is 6.25. The molecule has 2 aromatic carbocycles. The molecule has 2 N–H and O–H groups in total. The fourth-order valence-electron chi connectivity index (χ4n) is 2.99. The molecule has 4 heteroatoms. The van der Waals surface area contributed by atoms with E-state index in [0.717, 1.165) is 42.5 Å². The highest BCUT2D eigenvalue weighted by molar-refractivity contribution is 5.82. The summed E-state index contributed by atoms with van der Waals surface area (Å²) in [7, 11) is 0. The first-order valence-electron chi connectivity index (χ1n) is 8.71. The van der Waals surface area contributed by atoms with Crippen molar-refractivity contribution in [1.29, 1.82) is 0 Å². The van der Waals surface area contributed by atoms with Crippen molar-refractivity contribution in [2.75, 3.05) is 0 Å². The topological polar surface area (TPSA) is 62.3 Å². The first-order valence-corrected chi connectivity index (χ1v) is 8.71. The summed E-state index contributed by atoms with van der Waals surface area (Å²) >= 11 is 0. The number of ether oxygens (including phenoxy) is 1. The van der Waals surface area contributed by atoms with Crippen LogP contribution in [0.5, 0.6) is 5.75 Å². The molecular formula is C21H23NO3. The van der Waals surface area contributed by atoms with Crippen molar-refractivity contribution in [3.8, 4) is 5.75 Å². The van der Waals surface area contributed by atoms with Crippen LogP contribution in [0.25, 0.3) is 10.9 Å². The summed E-state index contributed by atoms with van der Waals surface area (Å²) in [6.07, 6.45) is 5.88. The number of hydrogen-bond acceptors (Lipinski definition) is 2. The van der Waals surface area contributed by atoms with Crippen molar-refractivity contribution in [3.63, 3.8) is 0 Å². The van der Waals surface area contributed by atoms with Crippen molar-refractivity contribution in [2.24, 2.45) is 0 Å². The number of carboxylic acids is 1. The predicted molar refractivity (Wildman–Crippen MR) is 98.9 cm³/mol. The molecule has 0 fully saturated rings. The van der Waals surface area contributed by atoms with E-state index in [1.807, 2.05) is 30.5 Å². The highest BCUT2D eigenvalue weighted by Crippen LogP contribution is 2.21. The van der Waals surface area contributed by atoms with E-state index < -0.39 is 5.97 Å². The van der Waals surface area contributed by atoms with Crippen LogP contribution in [0.15, 0.2) is 54.7 Å². The average molecular weight is 337 g/mol. The van der Waals surface area contributed by atoms with Gasteiger partial charge in [-0.15, -0.1) is 0 Å². The maximum Gasteiger partial charge on any atom is 0.303 e. The Balaban J connectivity index is 1.52. The van der Waals surface area contributed by atoms with Crippen LogP contribution in [0, 0.1) is 0 Å². The maximum atomic E-state index is 10.5. The van der Waals surface area contributed by atoms with Crippen molar-refractivity contribution in [2.45, 2.75) is 38.7 Å². The van der Waals surface area contributed by atoms with Crippen LogP contribution >= 0.6 is 0 Å². The van der Waals surface area contributed by atoms with Crippen molar-refractivity contribution in [1.82, 2.24) is 4.98 Å². The van der Waals surface area contributed by atoms with E-state index in [9.17, 15) is 4.79 Å². The van der Waals surface area contributed by atoms with Gasteiger partial charge in [0.05, 0.1) is 0 Å². The first kappa shape index (κ1) is 17.1. The molecule has 1 heterocycles. The van der Waals surface area contributed by atoms with Gasteiger partial charge < -0.3 is 14.8 Å². The lowest BCUT2D eigenvalue weighted by molar-refractivity contribution is -0.137. The van der Waals surface area contributed by atoms with Gasteiger partial charge in [0.25, 0.3) is 0 Å². The number of aryl methyl sites for hydroxylation is 1. The highest BCUT2D eigenvalue weighted by Gasteiger charge is 2.04. The van der Waals surface area contributed by atoms with E-state index in [0.29, 0.717) is 6.61 Å². The van der Waals surface area contributed by atoms with Gasteiger partial charge in [-0.05, 0) is 43.0 Å². The number of para-hydroxylation sites is 1. The van der Waals surface area contributed by atoms with Gasteiger partial charge in [0.15, 0.2) is 0 Å². The van der Waals surface area contributed by atoms with Crippen LogP contribution in [0.1, 0.15) is 36.8 Å². The molecular weight excluding hydrogens is 314 g/mol. The molecule has 0 saturated carbocycles. The van der Waals surface area contributed by atoms with E-state index in [-0.39, 0.29) is 6.42 Å². The SMILES string of the molecule is O=C(O)CCCCCc1cccc(OCc2c[nH]c3ccccc23)c1. The number of rotatable bonds is 9. The third kappa shape index (κ3) is 4.86. The van der Waals surface area contributed by atoms with Crippen LogP contribution < -0.4 is 4.74 Å². The summed E-state index contributed by atoms with van der Waals surface area (Å²) in [6.45, 7) is 0.534. The number of H-pyrrole nitrogens is 1. The molecule has 0 saturated heterocycles. The van der Waals surface area contributed by atoms with Gasteiger partial charge in [0.2, 0.25) is 0 Å². The molecule has 0 radical (unpaired) electrons. The number of nitrogens with one attached hydrogen (secondary N) is 1. The van der Waals surface area contributed by atoms with Crippen LogP contribution in [0.4, 0.5) is 0 Å². The smallest absolute Gasteiger partial charge is 0.303 e. The maximum absolute atomic E-state index is 10.5. The molecule has 0 spiro atoms. The van der Waals surface area contributed by atoms with Gasteiger partial charge >= 0.3 is 5.97 Å². The lowest BCUT2D eigenvalue weighted by Crippen LogP contribution is -1.96. The summed E-state index contributed by atoms with van der Waals surface area (Å²) in [5.41, 5.74) is 3.50. The van der Waals surface area contributed by atoms with Crippen LogP contribution in [0.3, 0.4) is 0 Å². The minimum atomic E-state index is -0.715. The largest absolute Gasteiger partial charge is 0.489 e. The number of fused-ring (bicyclic) bond motifs is 1. The molecule has 0 aliphatic carbocycles. The Morgan fingerprint density at radius 2 is 1.92 bits per heavy atom. The Labute approximate surface area is 147 Å². The minimum absolute atomic E-state index is 0.258. The third-order valence-electron chi connectivity index (χ3n) is 4.32. The lowest BCUT2D eigenvalue weighted by atomic mass is 10.1. The number of unbranched alkanes of at least 4 members (excludes halogenated alkanes) is 2. The monoisotopic (exact) mass is 337 g/mol. The summed E-state index contributed by atoms with van der Waals surface area (Å²) in [4.78, 5) is 13.8. The number of hydrogen-bond donors (Lipinski definition) is 2. The Hall–Kier alpha value is -2.75. The number of aliphatic carboxylic acids is 1. The predicted octanol–water partition coefficient (Wildman–Crippen LogP) is 4.93. The molecule has 0 amide bonds. The zero-order valence-electron chi connectivity index (χ0n) is 14.2. The van der Waals surface area contributed by atoms with Gasteiger partial charge in [-0.3, -0.25) is 4.79 Å². The molecule has 0 atom stereocenters. The van der Waals surface area contributed by atoms with Crippen LogP contribution in [0.2, 0.25) is 0 Å². The van der Waals surface area contributed by atoms with Crippen molar-refractivity contribution in [3.05, 3.63) is 65.9 Å². The second-order valence-corrected chi connectivity index (χ2v) is 6.25. The van der Waals surface area contributed by atoms with Gasteiger partial charge in [-0.1, -0.05) is 36.8 Å². The lowest BCUT2D eigenvalue weighted by Gasteiger charge is -2.08. The summed E-state index contributed by atoms with van der Waals surface area (Å²) in [5.74, 6) is 0.154.